The first-order chi connectivity index (χ1) is 7.36. The third-order valence-corrected chi connectivity index (χ3v) is 3.01. The van der Waals surface area contributed by atoms with Crippen molar-refractivity contribution in [3.8, 4) is 0 Å². The van der Waals surface area contributed by atoms with Crippen LogP contribution in [-0.4, -0.2) is 50.2 Å². The fourth-order valence-corrected chi connectivity index (χ4v) is 1.79. The van der Waals surface area contributed by atoms with Crippen molar-refractivity contribution in [2.75, 3.05) is 39.4 Å². The van der Waals surface area contributed by atoms with Crippen LogP contribution in [-0.2, 0) is 9.53 Å². The second kappa shape index (κ2) is 5.47. The minimum absolute atomic E-state index is 0.265. The van der Waals surface area contributed by atoms with E-state index >= 15 is 0 Å². The van der Waals surface area contributed by atoms with Crippen LogP contribution in [0.15, 0.2) is 0 Å². The van der Waals surface area contributed by atoms with E-state index < -0.39 is 0 Å². The van der Waals surface area contributed by atoms with Gasteiger partial charge >= 0.3 is 0 Å². The molecule has 0 spiro atoms. The average Bonchev–Trinajstić information content (AvgIpc) is 3.09. The van der Waals surface area contributed by atoms with Crippen molar-refractivity contribution in [3.05, 3.63) is 0 Å². The quantitative estimate of drug-likeness (QED) is 0.664. The van der Waals surface area contributed by atoms with Gasteiger partial charge in [-0.25, -0.2) is 0 Å². The summed E-state index contributed by atoms with van der Waals surface area (Å²) >= 11 is 0. The van der Waals surface area contributed by atoms with Gasteiger partial charge in [-0.2, -0.15) is 0 Å². The number of carbonyl (C=O) groups excluding carboxylic acids is 1. The summed E-state index contributed by atoms with van der Waals surface area (Å²) in [6, 6.07) is 0. The van der Waals surface area contributed by atoms with Crippen LogP contribution in [0.1, 0.15) is 19.3 Å². The lowest BCUT2D eigenvalue weighted by Gasteiger charge is -2.26. The zero-order valence-corrected chi connectivity index (χ0v) is 9.21. The molecule has 2 fully saturated rings. The van der Waals surface area contributed by atoms with Crippen molar-refractivity contribution in [2.24, 2.45) is 5.92 Å². The molecule has 2 rings (SSSR count). The minimum atomic E-state index is 0.265. The number of morpholine rings is 1. The van der Waals surface area contributed by atoms with Gasteiger partial charge in [0, 0.05) is 26.1 Å². The summed E-state index contributed by atoms with van der Waals surface area (Å²) in [5.41, 5.74) is 0. The molecule has 1 aliphatic carbocycles. The molecule has 0 aromatic heterocycles. The van der Waals surface area contributed by atoms with Crippen molar-refractivity contribution in [1.29, 1.82) is 0 Å². The number of amides is 1. The zero-order chi connectivity index (χ0) is 10.5. The van der Waals surface area contributed by atoms with Crippen molar-refractivity contribution < 1.29 is 9.53 Å². The number of ether oxygens (including phenoxy) is 1. The maximum absolute atomic E-state index is 11.7. The highest BCUT2D eigenvalue weighted by Gasteiger charge is 2.20. The lowest BCUT2D eigenvalue weighted by molar-refractivity contribution is -0.135. The summed E-state index contributed by atoms with van der Waals surface area (Å²) in [5.74, 6) is 1.16. The molecule has 4 heteroatoms. The largest absolute Gasteiger partial charge is 0.378 e. The predicted molar refractivity (Wildman–Crippen MR) is 57.6 cm³/mol. The van der Waals surface area contributed by atoms with Gasteiger partial charge in [0.15, 0.2) is 0 Å². The number of carbonyl (C=O) groups is 1. The third kappa shape index (κ3) is 3.80. The van der Waals surface area contributed by atoms with Crippen LogP contribution in [0.25, 0.3) is 0 Å². The number of nitrogens with one attached hydrogen (secondary N) is 1. The van der Waals surface area contributed by atoms with Gasteiger partial charge in [0.1, 0.15) is 0 Å². The Balaban J connectivity index is 1.54. The molecule has 1 saturated heterocycles. The van der Waals surface area contributed by atoms with E-state index in [4.69, 9.17) is 4.74 Å². The van der Waals surface area contributed by atoms with E-state index in [0.717, 1.165) is 32.1 Å². The summed E-state index contributed by atoms with van der Waals surface area (Å²) < 4.78 is 5.21. The molecule has 15 heavy (non-hydrogen) atoms. The first kappa shape index (κ1) is 10.9. The lowest BCUT2D eigenvalue weighted by Crippen LogP contribution is -2.41. The standard InChI is InChI=1S/C11H20N2O2/c14-11(13-5-7-15-8-6-13)3-4-12-9-10-1-2-10/h10,12H,1-9H2. The van der Waals surface area contributed by atoms with Crippen LogP contribution in [0, 0.1) is 5.92 Å². The average molecular weight is 212 g/mol. The lowest BCUT2D eigenvalue weighted by atomic mass is 10.3. The molecule has 1 N–H and O–H groups in total. The fraction of sp³-hybridized carbons (Fsp3) is 0.909. The highest BCUT2D eigenvalue weighted by Crippen LogP contribution is 2.27. The van der Waals surface area contributed by atoms with E-state index in [2.05, 4.69) is 5.32 Å². The Kier molecular flexibility index (Phi) is 3.97. The predicted octanol–water partition coefficient (Wildman–Crippen LogP) is 0.235. The van der Waals surface area contributed by atoms with Crippen LogP contribution in [0.4, 0.5) is 0 Å². The SMILES string of the molecule is O=C(CCNCC1CC1)N1CCOCC1. The van der Waals surface area contributed by atoms with Crippen LogP contribution in [0.3, 0.4) is 0 Å². The topological polar surface area (TPSA) is 41.6 Å². The molecule has 2 aliphatic rings. The second-order valence-corrected chi connectivity index (χ2v) is 4.39. The van der Waals surface area contributed by atoms with Crippen LogP contribution < -0.4 is 5.32 Å². The Hall–Kier alpha value is -0.610. The highest BCUT2D eigenvalue weighted by atomic mass is 16.5. The van der Waals surface area contributed by atoms with E-state index in [-0.39, 0.29) is 5.91 Å². The molecule has 1 amide bonds. The monoisotopic (exact) mass is 212 g/mol. The summed E-state index contributed by atoms with van der Waals surface area (Å²) in [6.07, 6.45) is 3.36. The van der Waals surface area contributed by atoms with Crippen LogP contribution in [0.2, 0.25) is 0 Å². The Morgan fingerprint density at radius 1 is 1.33 bits per heavy atom. The Bertz CT molecular complexity index is 211. The Morgan fingerprint density at radius 3 is 2.73 bits per heavy atom. The molecule has 0 radical (unpaired) electrons. The van der Waals surface area contributed by atoms with Crippen LogP contribution >= 0.6 is 0 Å². The molecule has 0 atom stereocenters. The molecule has 0 unspecified atom stereocenters. The molecule has 0 aromatic rings. The first-order valence-corrected chi connectivity index (χ1v) is 5.92. The number of rotatable bonds is 5. The second-order valence-electron chi connectivity index (χ2n) is 4.39. The van der Waals surface area contributed by atoms with Gasteiger partial charge in [0.05, 0.1) is 13.2 Å². The molecule has 86 valence electrons. The first-order valence-electron chi connectivity index (χ1n) is 5.92. The summed E-state index contributed by atoms with van der Waals surface area (Å²) in [6.45, 7) is 4.84. The zero-order valence-electron chi connectivity index (χ0n) is 9.21. The Labute approximate surface area is 91.0 Å². The van der Waals surface area contributed by atoms with Crippen molar-refractivity contribution in [1.82, 2.24) is 10.2 Å². The van der Waals surface area contributed by atoms with E-state index in [0.29, 0.717) is 19.6 Å². The van der Waals surface area contributed by atoms with Crippen LogP contribution in [0.5, 0.6) is 0 Å². The molecule has 0 bridgehead atoms. The maximum Gasteiger partial charge on any atom is 0.224 e. The molecule has 1 saturated carbocycles. The molecular weight excluding hydrogens is 192 g/mol. The molecule has 4 nitrogen and oxygen atoms in total. The highest BCUT2D eigenvalue weighted by molar-refractivity contribution is 5.76. The van der Waals surface area contributed by atoms with Gasteiger partial charge in [0.2, 0.25) is 5.91 Å². The molecular formula is C11H20N2O2. The molecule has 0 aromatic carbocycles. The maximum atomic E-state index is 11.7. The van der Waals surface area contributed by atoms with Gasteiger partial charge in [-0.3, -0.25) is 4.79 Å². The van der Waals surface area contributed by atoms with E-state index in [9.17, 15) is 4.79 Å². The van der Waals surface area contributed by atoms with Gasteiger partial charge in [0.25, 0.3) is 0 Å². The van der Waals surface area contributed by atoms with Gasteiger partial charge in [-0.05, 0) is 25.3 Å². The summed E-state index contributed by atoms with van der Waals surface area (Å²) in [7, 11) is 0. The van der Waals surface area contributed by atoms with Crippen molar-refractivity contribution >= 4 is 5.91 Å². The third-order valence-electron chi connectivity index (χ3n) is 3.01. The summed E-state index contributed by atoms with van der Waals surface area (Å²) in [5, 5.41) is 3.34. The Morgan fingerprint density at radius 2 is 2.07 bits per heavy atom. The number of hydrogen-bond donors (Lipinski definition) is 1. The van der Waals surface area contributed by atoms with Gasteiger partial charge in [-0.15, -0.1) is 0 Å². The number of nitrogens with zero attached hydrogens (tertiary/aromatic N) is 1. The molecule has 1 heterocycles. The van der Waals surface area contributed by atoms with E-state index in [1.165, 1.54) is 12.8 Å². The van der Waals surface area contributed by atoms with Crippen molar-refractivity contribution in [3.63, 3.8) is 0 Å². The van der Waals surface area contributed by atoms with E-state index in [1.54, 1.807) is 0 Å². The fourth-order valence-electron chi connectivity index (χ4n) is 1.79. The minimum Gasteiger partial charge on any atom is -0.378 e. The van der Waals surface area contributed by atoms with Gasteiger partial charge < -0.3 is 15.0 Å². The smallest absolute Gasteiger partial charge is 0.224 e. The number of hydrogen-bond acceptors (Lipinski definition) is 3. The van der Waals surface area contributed by atoms with Gasteiger partial charge in [-0.1, -0.05) is 0 Å². The van der Waals surface area contributed by atoms with E-state index in [1.807, 2.05) is 4.90 Å². The molecule has 1 aliphatic heterocycles. The van der Waals surface area contributed by atoms with Crippen molar-refractivity contribution in [2.45, 2.75) is 19.3 Å². The summed E-state index contributed by atoms with van der Waals surface area (Å²) in [4.78, 5) is 13.6. The normalized spacial score (nSPS) is 21.7.